The van der Waals surface area contributed by atoms with Gasteiger partial charge in [-0.2, -0.15) is 0 Å². The van der Waals surface area contributed by atoms with Gasteiger partial charge in [-0.1, -0.05) is 33.6 Å². The molecule has 3 aromatic rings. The van der Waals surface area contributed by atoms with Crippen LogP contribution < -0.4 is 5.32 Å². The summed E-state index contributed by atoms with van der Waals surface area (Å²) in [5.74, 6) is -0.104. The highest BCUT2D eigenvalue weighted by Crippen LogP contribution is 2.26. The molecule has 1 N–H and O–H groups in total. The van der Waals surface area contributed by atoms with Crippen LogP contribution in [-0.4, -0.2) is 5.91 Å². The van der Waals surface area contributed by atoms with E-state index in [1.54, 1.807) is 12.3 Å². The molecule has 0 saturated heterocycles. The number of fused-ring (bicyclic) bond motifs is 1. The lowest BCUT2D eigenvalue weighted by molar-refractivity contribution is -0.115. The maximum Gasteiger partial charge on any atom is 0.228 e. The molecule has 0 aliphatic rings. The number of carbonyl (C=O) groups is 1. The molecule has 5 heteroatoms. The first-order valence-electron chi connectivity index (χ1n) is 6.75. The van der Waals surface area contributed by atoms with Crippen LogP contribution >= 0.6 is 27.5 Å². The van der Waals surface area contributed by atoms with Crippen molar-refractivity contribution in [1.29, 1.82) is 0 Å². The molecule has 0 fully saturated rings. The first kappa shape index (κ1) is 15.1. The molecule has 22 heavy (non-hydrogen) atoms. The summed E-state index contributed by atoms with van der Waals surface area (Å²) in [6.07, 6.45) is 1.87. The summed E-state index contributed by atoms with van der Waals surface area (Å²) in [6, 6.07) is 11.2. The molecule has 3 nitrogen and oxygen atoms in total. The van der Waals surface area contributed by atoms with Gasteiger partial charge in [-0.3, -0.25) is 4.79 Å². The molecule has 0 spiro atoms. The molecule has 0 saturated carbocycles. The highest BCUT2D eigenvalue weighted by Gasteiger charge is 2.12. The standard InChI is InChI=1S/C17H13BrClNO2/c1-10-14(19)3-2-4-15(10)20-17(21)7-11-9-22-16-6-5-12(18)8-13(11)16/h2-6,8-9H,7H2,1H3,(H,20,21). The number of carbonyl (C=O) groups excluding carboxylic acids is 1. The third-order valence-electron chi connectivity index (χ3n) is 3.51. The van der Waals surface area contributed by atoms with Gasteiger partial charge in [0.2, 0.25) is 5.91 Å². The minimum absolute atomic E-state index is 0.104. The van der Waals surface area contributed by atoms with E-state index in [-0.39, 0.29) is 12.3 Å². The fraction of sp³-hybridized carbons (Fsp3) is 0.118. The van der Waals surface area contributed by atoms with Crippen molar-refractivity contribution in [2.45, 2.75) is 13.3 Å². The largest absolute Gasteiger partial charge is 0.464 e. The van der Waals surface area contributed by atoms with Crippen LogP contribution in [0.5, 0.6) is 0 Å². The van der Waals surface area contributed by atoms with Gasteiger partial charge in [-0.25, -0.2) is 0 Å². The first-order chi connectivity index (χ1) is 10.5. The number of hydrogen-bond acceptors (Lipinski definition) is 2. The third kappa shape index (κ3) is 3.03. The highest BCUT2D eigenvalue weighted by molar-refractivity contribution is 9.10. The maximum absolute atomic E-state index is 12.3. The molecule has 3 rings (SSSR count). The first-order valence-corrected chi connectivity index (χ1v) is 7.92. The van der Waals surface area contributed by atoms with Crippen molar-refractivity contribution < 1.29 is 9.21 Å². The molecule has 2 aromatic carbocycles. The van der Waals surface area contributed by atoms with Crippen LogP contribution in [0.2, 0.25) is 5.02 Å². The van der Waals surface area contributed by atoms with Crippen LogP contribution in [0.4, 0.5) is 5.69 Å². The SMILES string of the molecule is Cc1c(Cl)cccc1NC(=O)Cc1coc2ccc(Br)cc12. The molecule has 0 unspecified atom stereocenters. The second-order valence-corrected chi connectivity index (χ2v) is 6.36. The van der Waals surface area contributed by atoms with Crippen molar-refractivity contribution in [2.24, 2.45) is 0 Å². The predicted molar refractivity (Wildman–Crippen MR) is 92.4 cm³/mol. The second-order valence-electron chi connectivity index (χ2n) is 5.04. The van der Waals surface area contributed by atoms with E-state index in [2.05, 4.69) is 21.2 Å². The van der Waals surface area contributed by atoms with Gasteiger partial charge in [0.1, 0.15) is 5.58 Å². The zero-order chi connectivity index (χ0) is 15.7. The Labute approximate surface area is 141 Å². The third-order valence-corrected chi connectivity index (χ3v) is 4.41. The lowest BCUT2D eigenvalue weighted by Gasteiger charge is -2.09. The fourth-order valence-electron chi connectivity index (χ4n) is 2.30. The van der Waals surface area contributed by atoms with Crippen LogP contribution in [-0.2, 0) is 11.2 Å². The minimum Gasteiger partial charge on any atom is -0.464 e. The number of furan rings is 1. The summed E-state index contributed by atoms with van der Waals surface area (Å²) in [7, 11) is 0. The van der Waals surface area contributed by atoms with E-state index in [0.29, 0.717) is 5.02 Å². The van der Waals surface area contributed by atoms with Crippen LogP contribution in [0.3, 0.4) is 0 Å². The van der Waals surface area contributed by atoms with Gasteiger partial charge in [0.25, 0.3) is 0 Å². The topological polar surface area (TPSA) is 42.2 Å². The number of halogens is 2. The van der Waals surface area contributed by atoms with Crippen LogP contribution in [0.25, 0.3) is 11.0 Å². The molecule has 1 heterocycles. The molecule has 0 aliphatic heterocycles. The van der Waals surface area contributed by atoms with Crippen molar-refractivity contribution in [3.63, 3.8) is 0 Å². The van der Waals surface area contributed by atoms with Crippen molar-refractivity contribution in [1.82, 2.24) is 0 Å². The molecule has 0 atom stereocenters. The zero-order valence-electron chi connectivity index (χ0n) is 11.8. The van der Waals surface area contributed by atoms with Gasteiger partial charge in [-0.15, -0.1) is 0 Å². The van der Waals surface area contributed by atoms with Crippen molar-refractivity contribution >= 4 is 50.1 Å². The number of nitrogens with one attached hydrogen (secondary N) is 1. The second kappa shape index (κ2) is 6.15. The Hall–Kier alpha value is -1.78. The zero-order valence-corrected chi connectivity index (χ0v) is 14.2. The smallest absolute Gasteiger partial charge is 0.228 e. The van der Waals surface area contributed by atoms with Crippen molar-refractivity contribution in [3.05, 3.63) is 63.3 Å². The predicted octanol–water partition coefficient (Wildman–Crippen LogP) is 5.34. The summed E-state index contributed by atoms with van der Waals surface area (Å²) in [5.41, 5.74) is 3.21. The lowest BCUT2D eigenvalue weighted by Crippen LogP contribution is -2.15. The lowest BCUT2D eigenvalue weighted by atomic mass is 10.1. The molecule has 0 radical (unpaired) electrons. The Morgan fingerprint density at radius 2 is 2.14 bits per heavy atom. The minimum atomic E-state index is -0.104. The van der Waals surface area contributed by atoms with Gasteiger partial charge in [0.15, 0.2) is 0 Å². The summed E-state index contributed by atoms with van der Waals surface area (Å²) >= 11 is 9.50. The van der Waals surface area contributed by atoms with Gasteiger partial charge in [0, 0.05) is 26.1 Å². The van der Waals surface area contributed by atoms with Crippen LogP contribution in [0, 0.1) is 6.92 Å². The van der Waals surface area contributed by atoms with E-state index in [1.807, 2.05) is 37.3 Å². The number of anilines is 1. The number of benzene rings is 2. The summed E-state index contributed by atoms with van der Waals surface area (Å²) in [4.78, 5) is 12.3. The van der Waals surface area contributed by atoms with Crippen molar-refractivity contribution in [3.8, 4) is 0 Å². The van der Waals surface area contributed by atoms with E-state index in [9.17, 15) is 4.79 Å². The van der Waals surface area contributed by atoms with E-state index in [4.69, 9.17) is 16.0 Å². The van der Waals surface area contributed by atoms with E-state index in [0.717, 1.165) is 32.3 Å². The number of hydrogen-bond donors (Lipinski definition) is 1. The molecule has 112 valence electrons. The molecule has 0 bridgehead atoms. The van der Waals surface area contributed by atoms with E-state index in [1.165, 1.54) is 0 Å². The Bertz CT molecular complexity index is 857. The van der Waals surface area contributed by atoms with Crippen molar-refractivity contribution in [2.75, 3.05) is 5.32 Å². The molecular weight excluding hydrogens is 366 g/mol. The number of rotatable bonds is 3. The Kier molecular flexibility index (Phi) is 4.23. The molecular formula is C17H13BrClNO2. The Morgan fingerprint density at radius 3 is 2.95 bits per heavy atom. The van der Waals surface area contributed by atoms with Gasteiger partial charge in [0.05, 0.1) is 12.7 Å². The van der Waals surface area contributed by atoms with Gasteiger partial charge >= 0.3 is 0 Å². The van der Waals surface area contributed by atoms with E-state index >= 15 is 0 Å². The molecule has 1 aromatic heterocycles. The number of amides is 1. The summed E-state index contributed by atoms with van der Waals surface area (Å²) in [5, 5.41) is 4.46. The molecule has 0 aliphatic carbocycles. The molecule has 1 amide bonds. The van der Waals surface area contributed by atoms with Crippen LogP contribution in [0.1, 0.15) is 11.1 Å². The van der Waals surface area contributed by atoms with Gasteiger partial charge in [-0.05, 0) is 42.8 Å². The Balaban J connectivity index is 1.81. The highest BCUT2D eigenvalue weighted by atomic mass is 79.9. The summed E-state index contributed by atoms with van der Waals surface area (Å²) in [6.45, 7) is 1.88. The van der Waals surface area contributed by atoms with Crippen LogP contribution in [0.15, 0.2) is 51.6 Å². The average molecular weight is 379 g/mol. The normalized spacial score (nSPS) is 10.9. The van der Waals surface area contributed by atoms with Gasteiger partial charge < -0.3 is 9.73 Å². The fourth-order valence-corrected chi connectivity index (χ4v) is 2.84. The monoisotopic (exact) mass is 377 g/mol. The van der Waals surface area contributed by atoms with E-state index < -0.39 is 0 Å². The average Bonchev–Trinajstić information content (AvgIpc) is 2.86. The maximum atomic E-state index is 12.3. The summed E-state index contributed by atoms with van der Waals surface area (Å²) < 4.78 is 6.43. The Morgan fingerprint density at radius 1 is 1.32 bits per heavy atom. The quantitative estimate of drug-likeness (QED) is 0.668.